The zero-order valence-electron chi connectivity index (χ0n) is 15.2. The smallest absolute Gasteiger partial charge is 0.410 e. The van der Waals surface area contributed by atoms with E-state index in [0.29, 0.717) is 37.3 Å². The average molecular weight is 346 g/mol. The van der Waals surface area contributed by atoms with Crippen LogP contribution in [0.1, 0.15) is 20.8 Å². The largest absolute Gasteiger partial charge is 0.494 e. The van der Waals surface area contributed by atoms with Crippen LogP contribution in [0.5, 0.6) is 5.88 Å². The fourth-order valence-corrected chi connectivity index (χ4v) is 3.17. The number of carbonyl (C=O) groups excluding carboxylic acids is 1. The summed E-state index contributed by atoms with van der Waals surface area (Å²) in [5.41, 5.74) is 7.12. The molecular formula is C18H26N4O3. The Kier molecular flexibility index (Phi) is 4.18. The second-order valence-electron chi connectivity index (χ2n) is 7.48. The van der Waals surface area contributed by atoms with E-state index in [1.807, 2.05) is 39.1 Å². The molecule has 0 atom stereocenters. The molecule has 1 aliphatic heterocycles. The van der Waals surface area contributed by atoms with Crippen molar-refractivity contribution in [1.29, 1.82) is 0 Å². The van der Waals surface area contributed by atoms with Crippen LogP contribution < -0.4 is 10.6 Å². The highest BCUT2D eigenvalue weighted by Crippen LogP contribution is 2.38. The normalized spacial score (nSPS) is 15.7. The number of carbonyl (C=O) groups is 1. The molecule has 1 saturated heterocycles. The van der Waals surface area contributed by atoms with Crippen LogP contribution in [0, 0.1) is 0 Å². The number of aromatic nitrogens is 1. The van der Waals surface area contributed by atoms with Crippen molar-refractivity contribution >= 4 is 28.2 Å². The molecule has 1 amide bonds. The van der Waals surface area contributed by atoms with Crippen molar-refractivity contribution in [3.8, 4) is 5.88 Å². The SMILES string of the molecule is Cn1cc2c(N3CCN(C(=O)OC(C)(C)C)CC3)ccc(N)c2c1O. The first-order valence-corrected chi connectivity index (χ1v) is 8.47. The molecule has 7 heteroatoms. The number of amides is 1. The number of nitrogens with zero attached hydrogens (tertiary/aromatic N) is 3. The third-order valence-corrected chi connectivity index (χ3v) is 4.41. The van der Waals surface area contributed by atoms with E-state index in [2.05, 4.69) is 4.90 Å². The molecule has 1 aromatic heterocycles. The maximum atomic E-state index is 12.2. The molecule has 0 saturated carbocycles. The number of rotatable bonds is 1. The van der Waals surface area contributed by atoms with Gasteiger partial charge in [-0.05, 0) is 32.9 Å². The summed E-state index contributed by atoms with van der Waals surface area (Å²) in [6.07, 6.45) is 1.61. The number of hydrogen-bond acceptors (Lipinski definition) is 5. The predicted molar refractivity (Wildman–Crippen MR) is 99.0 cm³/mol. The van der Waals surface area contributed by atoms with E-state index in [1.54, 1.807) is 16.5 Å². The molecule has 136 valence electrons. The Morgan fingerprint density at radius 3 is 2.44 bits per heavy atom. The summed E-state index contributed by atoms with van der Waals surface area (Å²) in [5, 5.41) is 11.8. The van der Waals surface area contributed by atoms with Gasteiger partial charge in [-0.2, -0.15) is 0 Å². The summed E-state index contributed by atoms with van der Waals surface area (Å²) in [6.45, 7) is 8.21. The Labute approximate surface area is 147 Å². The number of benzene rings is 1. The fourth-order valence-electron chi connectivity index (χ4n) is 3.17. The van der Waals surface area contributed by atoms with E-state index in [4.69, 9.17) is 10.5 Å². The lowest BCUT2D eigenvalue weighted by molar-refractivity contribution is 0.0240. The van der Waals surface area contributed by atoms with Crippen LogP contribution in [0.2, 0.25) is 0 Å². The lowest BCUT2D eigenvalue weighted by Gasteiger charge is -2.37. The van der Waals surface area contributed by atoms with Crippen LogP contribution in [0.15, 0.2) is 18.3 Å². The quantitative estimate of drug-likeness (QED) is 0.775. The van der Waals surface area contributed by atoms with Crippen LogP contribution >= 0.6 is 0 Å². The Hall–Kier alpha value is -2.57. The number of ether oxygens (including phenoxy) is 1. The molecule has 0 radical (unpaired) electrons. The van der Waals surface area contributed by atoms with Crippen molar-refractivity contribution in [2.24, 2.45) is 7.05 Å². The molecule has 7 nitrogen and oxygen atoms in total. The summed E-state index contributed by atoms with van der Waals surface area (Å²) in [4.78, 5) is 16.1. The highest BCUT2D eigenvalue weighted by atomic mass is 16.6. The molecule has 0 unspecified atom stereocenters. The topological polar surface area (TPSA) is 84.0 Å². The van der Waals surface area contributed by atoms with Gasteiger partial charge < -0.3 is 29.9 Å². The molecule has 1 aromatic carbocycles. The molecule has 0 spiro atoms. The van der Waals surface area contributed by atoms with E-state index in [9.17, 15) is 9.90 Å². The Morgan fingerprint density at radius 2 is 1.84 bits per heavy atom. The van der Waals surface area contributed by atoms with Crippen molar-refractivity contribution in [3.05, 3.63) is 18.3 Å². The third-order valence-electron chi connectivity index (χ3n) is 4.41. The number of nitrogens with two attached hydrogens (primary N) is 1. The van der Waals surface area contributed by atoms with Gasteiger partial charge in [0.2, 0.25) is 5.88 Å². The summed E-state index contributed by atoms with van der Waals surface area (Å²) in [5.74, 6) is 0.168. The van der Waals surface area contributed by atoms with Gasteiger partial charge in [0, 0.05) is 56.2 Å². The average Bonchev–Trinajstić information content (AvgIpc) is 2.82. The van der Waals surface area contributed by atoms with Crippen LogP contribution in [-0.2, 0) is 11.8 Å². The van der Waals surface area contributed by atoms with E-state index in [-0.39, 0.29) is 12.0 Å². The van der Waals surface area contributed by atoms with Gasteiger partial charge in [-0.15, -0.1) is 0 Å². The number of nitrogen functional groups attached to an aromatic ring is 1. The number of hydrogen-bond donors (Lipinski definition) is 2. The summed E-state index contributed by atoms with van der Waals surface area (Å²) >= 11 is 0. The minimum atomic E-state index is -0.487. The molecule has 1 fully saturated rings. The van der Waals surface area contributed by atoms with Crippen molar-refractivity contribution in [2.75, 3.05) is 36.8 Å². The Bertz CT molecular complexity index is 799. The molecule has 2 aromatic rings. The first-order valence-electron chi connectivity index (χ1n) is 8.47. The molecule has 25 heavy (non-hydrogen) atoms. The third kappa shape index (κ3) is 3.31. The first kappa shape index (κ1) is 17.3. The van der Waals surface area contributed by atoms with Gasteiger partial charge in [0.1, 0.15) is 5.60 Å². The molecule has 0 bridgehead atoms. The predicted octanol–water partition coefficient (Wildman–Crippen LogP) is 2.52. The number of fused-ring (bicyclic) bond motifs is 1. The second-order valence-corrected chi connectivity index (χ2v) is 7.48. The maximum absolute atomic E-state index is 12.2. The van der Waals surface area contributed by atoms with Crippen molar-refractivity contribution in [3.63, 3.8) is 0 Å². The molecule has 3 rings (SSSR count). The monoisotopic (exact) mass is 346 g/mol. The van der Waals surface area contributed by atoms with Gasteiger partial charge in [0.25, 0.3) is 0 Å². The highest BCUT2D eigenvalue weighted by molar-refractivity contribution is 6.05. The molecular weight excluding hydrogens is 320 g/mol. The molecule has 1 aliphatic rings. The number of aromatic hydroxyl groups is 1. The Morgan fingerprint density at radius 1 is 1.20 bits per heavy atom. The Balaban J connectivity index is 1.78. The summed E-state index contributed by atoms with van der Waals surface area (Å²) in [7, 11) is 1.79. The molecule has 0 aliphatic carbocycles. The van der Waals surface area contributed by atoms with Crippen LogP contribution in [-0.4, -0.2) is 52.4 Å². The number of piperazine rings is 1. The van der Waals surface area contributed by atoms with Crippen LogP contribution in [0.4, 0.5) is 16.2 Å². The minimum absolute atomic E-state index is 0.168. The minimum Gasteiger partial charge on any atom is -0.494 e. The number of anilines is 2. The molecule has 3 N–H and O–H groups in total. The van der Waals surface area contributed by atoms with Gasteiger partial charge in [0.05, 0.1) is 5.39 Å². The van der Waals surface area contributed by atoms with E-state index < -0.39 is 5.60 Å². The van der Waals surface area contributed by atoms with Crippen molar-refractivity contribution in [2.45, 2.75) is 26.4 Å². The zero-order chi connectivity index (χ0) is 18.4. The zero-order valence-corrected chi connectivity index (χ0v) is 15.2. The summed E-state index contributed by atoms with van der Waals surface area (Å²) in [6, 6.07) is 3.79. The summed E-state index contributed by atoms with van der Waals surface area (Å²) < 4.78 is 7.11. The van der Waals surface area contributed by atoms with Gasteiger partial charge >= 0.3 is 6.09 Å². The van der Waals surface area contributed by atoms with Gasteiger partial charge in [-0.25, -0.2) is 4.79 Å². The van der Waals surface area contributed by atoms with Gasteiger partial charge in [-0.3, -0.25) is 0 Å². The van der Waals surface area contributed by atoms with Crippen molar-refractivity contribution < 1.29 is 14.6 Å². The van der Waals surface area contributed by atoms with Crippen molar-refractivity contribution in [1.82, 2.24) is 9.47 Å². The fraction of sp³-hybridized carbons (Fsp3) is 0.500. The van der Waals surface area contributed by atoms with E-state index in [0.717, 1.165) is 11.1 Å². The standard InChI is InChI=1S/C18H26N4O3/c1-18(2,3)25-17(24)22-9-7-21(8-10-22)14-6-5-13(19)15-12(14)11-20(4)16(15)23/h5-6,11,23H,7-10,19H2,1-4H3. The number of aryl methyl sites for hydroxylation is 1. The second kappa shape index (κ2) is 6.06. The first-order chi connectivity index (χ1) is 11.7. The van der Waals surface area contributed by atoms with E-state index >= 15 is 0 Å². The van der Waals surface area contributed by atoms with Gasteiger partial charge in [0.15, 0.2) is 0 Å². The highest BCUT2D eigenvalue weighted by Gasteiger charge is 2.27. The lowest BCUT2D eigenvalue weighted by atomic mass is 10.1. The van der Waals surface area contributed by atoms with Crippen LogP contribution in [0.25, 0.3) is 10.8 Å². The van der Waals surface area contributed by atoms with Gasteiger partial charge in [-0.1, -0.05) is 0 Å². The lowest BCUT2D eigenvalue weighted by Crippen LogP contribution is -2.50. The molecule has 2 heterocycles. The maximum Gasteiger partial charge on any atom is 0.410 e. The van der Waals surface area contributed by atoms with E-state index in [1.165, 1.54) is 0 Å². The van der Waals surface area contributed by atoms with Crippen LogP contribution in [0.3, 0.4) is 0 Å².